The first kappa shape index (κ1) is 20.8. The van der Waals surface area contributed by atoms with Crippen molar-refractivity contribution in [2.24, 2.45) is 0 Å². The van der Waals surface area contributed by atoms with E-state index in [-0.39, 0.29) is 5.69 Å². The Labute approximate surface area is 189 Å². The Hall–Kier alpha value is -4.05. The number of anilines is 1. The maximum atomic E-state index is 13.9. The van der Waals surface area contributed by atoms with Crippen LogP contribution in [0.25, 0.3) is 26.5 Å². The molecule has 0 saturated carbocycles. The molecule has 0 fully saturated rings. The van der Waals surface area contributed by atoms with Gasteiger partial charge in [-0.2, -0.15) is 18.3 Å². The minimum absolute atomic E-state index is 0.205. The zero-order valence-corrected chi connectivity index (χ0v) is 17.6. The number of amides is 1. The van der Waals surface area contributed by atoms with E-state index >= 15 is 0 Å². The molecule has 0 saturated heterocycles. The summed E-state index contributed by atoms with van der Waals surface area (Å²) in [6.07, 6.45) is -0.493. The molecule has 5 rings (SSSR count). The van der Waals surface area contributed by atoms with Gasteiger partial charge in [-0.25, -0.2) is 9.67 Å². The average molecular weight is 465 g/mol. The largest absolute Gasteiger partial charge is 0.434 e. The summed E-state index contributed by atoms with van der Waals surface area (Å²) < 4.78 is 43.2. The molecule has 0 spiro atoms. The predicted molar refractivity (Wildman–Crippen MR) is 119 cm³/mol. The Morgan fingerprint density at radius 3 is 2.58 bits per heavy atom. The van der Waals surface area contributed by atoms with Crippen molar-refractivity contribution in [1.29, 1.82) is 0 Å². The number of aromatic nitrogens is 4. The quantitative estimate of drug-likeness (QED) is 0.363. The zero-order chi connectivity index (χ0) is 23.0. The van der Waals surface area contributed by atoms with Crippen LogP contribution >= 0.6 is 11.3 Å². The highest BCUT2D eigenvalue weighted by atomic mass is 32.1. The number of hydrogen-bond donors (Lipinski definition) is 1. The SMILES string of the molecule is O=C(Nc1cccc(-c2nc3ccncc3s2)c1)c1cnn(-c2ccccc2)c1C(F)(F)F. The number of carbonyl (C=O) groups excluding carboxylic acids is 1. The van der Waals surface area contributed by atoms with Gasteiger partial charge in [0, 0.05) is 23.6 Å². The molecule has 6 nitrogen and oxygen atoms in total. The second kappa shape index (κ2) is 8.14. The standard InChI is InChI=1S/C23H14F3N5OS/c24-23(25,26)20-17(12-28-31(20)16-7-2-1-3-8-16)21(32)29-15-6-4-5-14(11-15)22-30-18-9-10-27-13-19(18)33-22/h1-13H,(H,29,32). The molecule has 0 atom stereocenters. The Kier molecular flexibility index (Phi) is 5.14. The normalized spacial score (nSPS) is 11.6. The summed E-state index contributed by atoms with van der Waals surface area (Å²) >= 11 is 1.43. The molecule has 164 valence electrons. The zero-order valence-electron chi connectivity index (χ0n) is 16.7. The van der Waals surface area contributed by atoms with E-state index in [1.165, 1.54) is 23.5 Å². The third-order valence-corrected chi connectivity index (χ3v) is 5.90. The molecule has 3 aromatic heterocycles. The van der Waals surface area contributed by atoms with Crippen molar-refractivity contribution in [3.05, 3.63) is 90.5 Å². The van der Waals surface area contributed by atoms with E-state index in [2.05, 4.69) is 20.4 Å². The van der Waals surface area contributed by atoms with Crippen LogP contribution in [0.3, 0.4) is 0 Å². The van der Waals surface area contributed by atoms with Gasteiger partial charge in [0.25, 0.3) is 5.91 Å². The molecule has 0 unspecified atom stereocenters. The van der Waals surface area contributed by atoms with E-state index in [9.17, 15) is 18.0 Å². The van der Waals surface area contributed by atoms with Crippen LogP contribution in [0.4, 0.5) is 18.9 Å². The number of benzene rings is 2. The number of hydrogen-bond acceptors (Lipinski definition) is 5. The molecule has 1 amide bonds. The fourth-order valence-corrected chi connectivity index (χ4v) is 4.31. The fourth-order valence-electron chi connectivity index (χ4n) is 3.38. The summed E-state index contributed by atoms with van der Waals surface area (Å²) in [4.78, 5) is 21.5. The van der Waals surface area contributed by atoms with E-state index in [0.717, 1.165) is 26.7 Å². The van der Waals surface area contributed by atoms with E-state index in [0.29, 0.717) is 10.7 Å². The molecule has 33 heavy (non-hydrogen) atoms. The maximum Gasteiger partial charge on any atom is 0.434 e. The third-order valence-electron chi connectivity index (χ3n) is 4.84. The van der Waals surface area contributed by atoms with E-state index in [1.807, 2.05) is 6.07 Å². The lowest BCUT2D eigenvalue weighted by Crippen LogP contribution is -2.20. The molecule has 10 heteroatoms. The van der Waals surface area contributed by atoms with Gasteiger partial charge in [0.15, 0.2) is 5.69 Å². The first-order valence-corrected chi connectivity index (χ1v) is 10.5. The van der Waals surface area contributed by atoms with E-state index in [1.54, 1.807) is 54.9 Å². The van der Waals surface area contributed by atoms with Gasteiger partial charge in [0.05, 0.1) is 27.7 Å². The second-order valence-corrected chi connectivity index (χ2v) is 8.08. The Balaban J connectivity index is 1.47. The molecule has 2 aromatic carbocycles. The van der Waals surface area contributed by atoms with Crippen molar-refractivity contribution in [3.8, 4) is 16.3 Å². The summed E-state index contributed by atoms with van der Waals surface area (Å²) in [5, 5.41) is 7.09. The molecule has 0 radical (unpaired) electrons. The molecule has 3 heterocycles. The Morgan fingerprint density at radius 1 is 1.00 bits per heavy atom. The number of fused-ring (bicyclic) bond motifs is 1. The number of carbonyl (C=O) groups is 1. The Bertz CT molecular complexity index is 1430. The number of alkyl halides is 3. The third kappa shape index (κ3) is 4.08. The van der Waals surface area contributed by atoms with Crippen molar-refractivity contribution in [3.63, 3.8) is 0 Å². The highest BCUT2D eigenvalue weighted by molar-refractivity contribution is 7.21. The van der Waals surface area contributed by atoms with Crippen LogP contribution in [-0.4, -0.2) is 25.7 Å². The lowest BCUT2D eigenvalue weighted by Gasteiger charge is -2.13. The lowest BCUT2D eigenvalue weighted by atomic mass is 10.1. The van der Waals surface area contributed by atoms with Crippen molar-refractivity contribution >= 4 is 33.1 Å². The molecule has 1 N–H and O–H groups in total. The maximum absolute atomic E-state index is 13.9. The number of rotatable bonds is 4. The van der Waals surface area contributed by atoms with Crippen molar-refractivity contribution < 1.29 is 18.0 Å². The summed E-state index contributed by atoms with van der Waals surface area (Å²) in [7, 11) is 0. The summed E-state index contributed by atoms with van der Waals surface area (Å²) in [6, 6.07) is 16.4. The molecular weight excluding hydrogens is 451 g/mol. The number of thiazole rings is 1. The smallest absolute Gasteiger partial charge is 0.322 e. The van der Waals surface area contributed by atoms with Crippen molar-refractivity contribution in [2.45, 2.75) is 6.18 Å². The van der Waals surface area contributed by atoms with Gasteiger partial charge in [0.2, 0.25) is 0 Å². The highest BCUT2D eigenvalue weighted by Crippen LogP contribution is 2.35. The van der Waals surface area contributed by atoms with Gasteiger partial charge < -0.3 is 5.32 Å². The van der Waals surface area contributed by atoms with E-state index in [4.69, 9.17) is 0 Å². The summed E-state index contributed by atoms with van der Waals surface area (Å²) in [6.45, 7) is 0. The number of para-hydroxylation sites is 1. The number of nitrogens with zero attached hydrogens (tertiary/aromatic N) is 4. The molecular formula is C23H14F3N5OS. The summed E-state index contributed by atoms with van der Waals surface area (Å²) in [5.74, 6) is -0.907. The van der Waals surface area contributed by atoms with Gasteiger partial charge in [-0.05, 0) is 30.3 Å². The lowest BCUT2D eigenvalue weighted by molar-refractivity contribution is -0.143. The van der Waals surface area contributed by atoms with Crippen LogP contribution in [0.1, 0.15) is 16.1 Å². The molecule has 0 aliphatic heterocycles. The molecule has 5 aromatic rings. The average Bonchev–Trinajstić information content (AvgIpc) is 3.45. The molecule has 0 aliphatic rings. The fraction of sp³-hybridized carbons (Fsp3) is 0.0435. The monoisotopic (exact) mass is 465 g/mol. The predicted octanol–water partition coefficient (Wildman–Crippen LogP) is 5.82. The van der Waals surface area contributed by atoms with Crippen LogP contribution in [0, 0.1) is 0 Å². The highest BCUT2D eigenvalue weighted by Gasteiger charge is 2.40. The number of pyridine rings is 1. The van der Waals surface area contributed by atoms with Crippen LogP contribution < -0.4 is 5.32 Å². The summed E-state index contributed by atoms with van der Waals surface area (Å²) in [5.41, 5.74) is 0.364. The number of nitrogens with one attached hydrogen (secondary N) is 1. The molecule has 0 aliphatic carbocycles. The van der Waals surface area contributed by atoms with Crippen molar-refractivity contribution in [2.75, 3.05) is 5.32 Å². The minimum Gasteiger partial charge on any atom is -0.322 e. The van der Waals surface area contributed by atoms with E-state index < -0.39 is 23.3 Å². The Morgan fingerprint density at radius 2 is 1.82 bits per heavy atom. The topological polar surface area (TPSA) is 72.7 Å². The van der Waals surface area contributed by atoms with Gasteiger partial charge in [-0.3, -0.25) is 9.78 Å². The molecule has 0 bridgehead atoms. The first-order valence-electron chi connectivity index (χ1n) is 9.73. The van der Waals surface area contributed by atoms with Gasteiger partial charge in [0.1, 0.15) is 5.01 Å². The first-order chi connectivity index (χ1) is 15.9. The van der Waals surface area contributed by atoms with Crippen LogP contribution in [0.15, 0.2) is 79.3 Å². The van der Waals surface area contributed by atoms with Crippen LogP contribution in [0.2, 0.25) is 0 Å². The van der Waals surface area contributed by atoms with Crippen LogP contribution in [0.5, 0.6) is 0 Å². The van der Waals surface area contributed by atoms with Gasteiger partial charge >= 0.3 is 6.18 Å². The van der Waals surface area contributed by atoms with Crippen molar-refractivity contribution in [1.82, 2.24) is 19.7 Å². The minimum atomic E-state index is -4.78. The van der Waals surface area contributed by atoms with Crippen LogP contribution in [-0.2, 0) is 6.18 Å². The second-order valence-electron chi connectivity index (χ2n) is 7.05. The number of halogens is 3. The van der Waals surface area contributed by atoms with Gasteiger partial charge in [-0.15, -0.1) is 11.3 Å². The van der Waals surface area contributed by atoms with Gasteiger partial charge in [-0.1, -0.05) is 30.3 Å².